The molecule has 0 saturated heterocycles. The monoisotopic (exact) mass is 289 g/mol. The number of aromatic nitrogens is 1. The molecule has 1 nitrogen and oxygen atoms in total. The van der Waals surface area contributed by atoms with Gasteiger partial charge in [-0.25, -0.2) is 0 Å². The number of rotatable bonds is 6. The summed E-state index contributed by atoms with van der Waals surface area (Å²) >= 11 is 0. The zero-order valence-electron chi connectivity index (χ0n) is 13.5. The molecule has 0 saturated carbocycles. The van der Waals surface area contributed by atoms with Crippen molar-refractivity contribution in [2.75, 3.05) is 0 Å². The Labute approximate surface area is 133 Å². The van der Waals surface area contributed by atoms with Gasteiger partial charge in [-0.15, -0.1) is 0 Å². The third-order valence-electron chi connectivity index (χ3n) is 4.12. The summed E-state index contributed by atoms with van der Waals surface area (Å²) in [5.41, 5.74) is 8.26. The van der Waals surface area contributed by atoms with Gasteiger partial charge in [0.25, 0.3) is 0 Å². The first-order chi connectivity index (χ1) is 10.6. The summed E-state index contributed by atoms with van der Waals surface area (Å²) in [6.07, 6.45) is 14.9. The molecule has 0 N–H and O–H groups in total. The zero-order valence-corrected chi connectivity index (χ0v) is 13.5. The Morgan fingerprint density at radius 1 is 1.00 bits per heavy atom. The molecule has 0 spiro atoms. The zero-order chi connectivity index (χ0) is 16.3. The van der Waals surface area contributed by atoms with Crippen LogP contribution in [0.4, 0.5) is 0 Å². The third-order valence-corrected chi connectivity index (χ3v) is 4.12. The summed E-state index contributed by atoms with van der Waals surface area (Å²) in [4.78, 5) is 0. The Balaban J connectivity index is 2.71. The quantitative estimate of drug-likeness (QED) is 0.623. The fourth-order valence-corrected chi connectivity index (χ4v) is 3.07. The standard InChI is InChI=1S/C21H23N/c1-7-12-20-21(18(10-4)19(11-5)22(20)6)17-13-15(8-2)16(9-3)14-17/h7-13H,2-5,14H2,1,6H3/b12-7-. The maximum atomic E-state index is 4.00. The summed E-state index contributed by atoms with van der Waals surface area (Å²) in [6, 6.07) is 0. The van der Waals surface area contributed by atoms with Crippen molar-refractivity contribution in [2.45, 2.75) is 13.3 Å². The minimum Gasteiger partial charge on any atom is -0.344 e. The first-order valence-electron chi connectivity index (χ1n) is 7.42. The van der Waals surface area contributed by atoms with Gasteiger partial charge < -0.3 is 4.57 Å². The minimum atomic E-state index is 0.872. The normalized spacial score (nSPS) is 14.4. The van der Waals surface area contributed by atoms with E-state index in [0.29, 0.717) is 0 Å². The summed E-state index contributed by atoms with van der Waals surface area (Å²) in [7, 11) is 2.06. The van der Waals surface area contributed by atoms with Gasteiger partial charge in [0.05, 0.1) is 0 Å². The van der Waals surface area contributed by atoms with Gasteiger partial charge in [0.1, 0.15) is 0 Å². The lowest BCUT2D eigenvalue weighted by Crippen LogP contribution is -1.94. The van der Waals surface area contributed by atoms with Crippen molar-refractivity contribution in [1.82, 2.24) is 4.57 Å². The van der Waals surface area contributed by atoms with Crippen molar-refractivity contribution < 1.29 is 0 Å². The number of hydrogen-bond acceptors (Lipinski definition) is 0. The van der Waals surface area contributed by atoms with Crippen molar-refractivity contribution in [3.63, 3.8) is 0 Å². The van der Waals surface area contributed by atoms with Crippen LogP contribution < -0.4 is 0 Å². The molecule has 0 atom stereocenters. The lowest BCUT2D eigenvalue weighted by atomic mass is 9.97. The minimum absolute atomic E-state index is 0.872. The summed E-state index contributed by atoms with van der Waals surface area (Å²) in [5.74, 6) is 0. The van der Waals surface area contributed by atoms with Gasteiger partial charge in [-0.2, -0.15) is 0 Å². The highest BCUT2D eigenvalue weighted by Gasteiger charge is 2.22. The van der Waals surface area contributed by atoms with Crippen molar-refractivity contribution in [1.29, 1.82) is 0 Å². The average molecular weight is 289 g/mol. The molecule has 0 amide bonds. The molecule has 0 fully saturated rings. The second-order valence-corrected chi connectivity index (χ2v) is 5.26. The largest absolute Gasteiger partial charge is 0.344 e. The summed E-state index contributed by atoms with van der Waals surface area (Å²) in [5, 5.41) is 0. The first kappa shape index (κ1) is 15.8. The molecule has 1 heterocycles. The lowest BCUT2D eigenvalue weighted by Gasteiger charge is -2.06. The molecule has 0 unspecified atom stereocenters. The van der Waals surface area contributed by atoms with Gasteiger partial charge in [-0.1, -0.05) is 56.7 Å². The summed E-state index contributed by atoms with van der Waals surface area (Å²) in [6.45, 7) is 17.8. The Morgan fingerprint density at radius 2 is 1.73 bits per heavy atom. The van der Waals surface area contributed by atoms with Gasteiger partial charge in [0, 0.05) is 29.6 Å². The molecule has 112 valence electrons. The van der Waals surface area contributed by atoms with Crippen molar-refractivity contribution in [3.8, 4) is 0 Å². The molecule has 0 aromatic carbocycles. The third kappa shape index (κ3) is 2.39. The number of hydrogen-bond donors (Lipinski definition) is 0. The maximum absolute atomic E-state index is 4.00. The molecule has 0 aliphatic heterocycles. The van der Waals surface area contributed by atoms with Crippen molar-refractivity contribution >= 4 is 23.8 Å². The average Bonchev–Trinajstić information content (AvgIpc) is 3.06. The van der Waals surface area contributed by atoms with E-state index in [1.54, 1.807) is 0 Å². The number of allylic oxidation sites excluding steroid dienone is 7. The van der Waals surface area contributed by atoms with Crippen LogP contribution in [0.5, 0.6) is 0 Å². The second-order valence-electron chi connectivity index (χ2n) is 5.26. The smallest absolute Gasteiger partial charge is 0.0488 e. The van der Waals surface area contributed by atoms with Crippen LogP contribution in [0.1, 0.15) is 35.9 Å². The highest BCUT2D eigenvalue weighted by atomic mass is 15.0. The van der Waals surface area contributed by atoms with E-state index >= 15 is 0 Å². The maximum Gasteiger partial charge on any atom is 0.0488 e. The molecular weight excluding hydrogens is 266 g/mol. The topological polar surface area (TPSA) is 4.93 Å². The van der Waals surface area contributed by atoms with Crippen LogP contribution >= 0.6 is 0 Å². The van der Waals surface area contributed by atoms with E-state index in [0.717, 1.165) is 23.3 Å². The van der Waals surface area contributed by atoms with E-state index in [1.165, 1.54) is 22.4 Å². The first-order valence-corrected chi connectivity index (χ1v) is 7.42. The van der Waals surface area contributed by atoms with Gasteiger partial charge in [-0.05, 0) is 42.2 Å². The SMILES string of the molecule is C=CC1=C(C=C)CC(c2c(C=C)c(C=C)n(C)c2/C=C\C)=C1. The highest BCUT2D eigenvalue weighted by molar-refractivity contribution is 5.88. The molecule has 1 aromatic rings. The van der Waals surface area contributed by atoms with Gasteiger partial charge in [-0.3, -0.25) is 0 Å². The predicted molar refractivity (Wildman–Crippen MR) is 100 cm³/mol. The van der Waals surface area contributed by atoms with Crippen LogP contribution in [0.2, 0.25) is 0 Å². The van der Waals surface area contributed by atoms with E-state index in [4.69, 9.17) is 0 Å². The second kappa shape index (κ2) is 6.48. The van der Waals surface area contributed by atoms with E-state index in [9.17, 15) is 0 Å². The van der Waals surface area contributed by atoms with E-state index in [-0.39, 0.29) is 0 Å². The molecule has 1 aliphatic rings. The lowest BCUT2D eigenvalue weighted by molar-refractivity contribution is 0.900. The molecule has 1 aliphatic carbocycles. The fourth-order valence-electron chi connectivity index (χ4n) is 3.07. The van der Waals surface area contributed by atoms with E-state index in [2.05, 4.69) is 56.2 Å². The Hall–Kier alpha value is -2.54. The highest BCUT2D eigenvalue weighted by Crippen LogP contribution is 2.39. The fraction of sp³-hybridized carbons (Fsp3) is 0.143. The van der Waals surface area contributed by atoms with Gasteiger partial charge >= 0.3 is 0 Å². The van der Waals surface area contributed by atoms with Gasteiger partial charge in [0.15, 0.2) is 0 Å². The molecular formula is C21H23N. The Morgan fingerprint density at radius 3 is 2.18 bits per heavy atom. The van der Waals surface area contributed by atoms with Crippen LogP contribution in [-0.2, 0) is 7.05 Å². The Kier molecular flexibility index (Phi) is 4.67. The van der Waals surface area contributed by atoms with Crippen LogP contribution in [0.3, 0.4) is 0 Å². The molecule has 1 heteroatoms. The molecule has 1 aromatic heterocycles. The predicted octanol–water partition coefficient (Wildman–Crippen LogP) is 5.80. The van der Waals surface area contributed by atoms with Crippen molar-refractivity contribution in [2.24, 2.45) is 7.05 Å². The molecule has 22 heavy (non-hydrogen) atoms. The van der Waals surface area contributed by atoms with Crippen LogP contribution in [0, 0.1) is 0 Å². The molecule has 0 radical (unpaired) electrons. The summed E-state index contributed by atoms with van der Waals surface area (Å²) < 4.78 is 2.17. The molecule has 2 rings (SSSR count). The van der Waals surface area contributed by atoms with Gasteiger partial charge in [0.2, 0.25) is 0 Å². The van der Waals surface area contributed by atoms with Crippen LogP contribution in [-0.4, -0.2) is 4.57 Å². The van der Waals surface area contributed by atoms with E-state index in [1.807, 2.05) is 31.2 Å². The van der Waals surface area contributed by atoms with Crippen molar-refractivity contribution in [3.05, 3.63) is 84.3 Å². The van der Waals surface area contributed by atoms with E-state index < -0.39 is 0 Å². The molecule has 0 bridgehead atoms. The number of nitrogens with zero attached hydrogens (tertiary/aromatic N) is 1. The van der Waals surface area contributed by atoms with Crippen LogP contribution in [0.15, 0.2) is 61.8 Å². The Bertz CT molecular complexity index is 745. The van der Waals surface area contributed by atoms with Crippen LogP contribution in [0.25, 0.3) is 23.8 Å².